The topological polar surface area (TPSA) is 139 Å². The van der Waals surface area contributed by atoms with Crippen LogP contribution in [0.25, 0.3) is 33.8 Å². The van der Waals surface area contributed by atoms with Crippen molar-refractivity contribution in [3.63, 3.8) is 0 Å². The van der Waals surface area contributed by atoms with Gasteiger partial charge in [0.1, 0.15) is 0 Å². The van der Waals surface area contributed by atoms with Crippen LogP contribution in [-0.4, -0.2) is 66.2 Å². The average Bonchev–Trinajstić information content (AvgIpc) is 3.72. The van der Waals surface area contributed by atoms with Gasteiger partial charge in [-0.1, -0.05) is 53.5 Å². The molecular weight excluding hydrogens is 653 g/mol. The zero-order valence-corrected chi connectivity index (χ0v) is 28.3. The molecule has 0 radical (unpaired) electrons. The van der Waals surface area contributed by atoms with E-state index >= 15 is 0 Å². The second kappa shape index (κ2) is 15.3. The fourth-order valence-corrected chi connectivity index (χ4v) is 6.65. The molecule has 48 heavy (non-hydrogen) atoms. The monoisotopic (exact) mass is 689 g/mol. The first kappa shape index (κ1) is 33.6. The van der Waals surface area contributed by atoms with Crippen molar-refractivity contribution >= 4 is 35.0 Å². The second-order valence-electron chi connectivity index (χ2n) is 11.8. The maximum absolute atomic E-state index is 11.5. The van der Waals surface area contributed by atoms with Crippen LogP contribution in [0, 0.1) is 0 Å². The largest absolute Gasteiger partial charge is 0.481 e. The maximum Gasteiger partial charge on any atom is 0.220 e. The highest BCUT2D eigenvalue weighted by atomic mass is 35.5. The Morgan fingerprint density at radius 2 is 1.25 bits per heavy atom. The van der Waals surface area contributed by atoms with Crippen molar-refractivity contribution in [2.24, 2.45) is 0 Å². The van der Waals surface area contributed by atoms with Crippen LogP contribution in [0.5, 0.6) is 11.8 Å². The van der Waals surface area contributed by atoms with Gasteiger partial charge >= 0.3 is 0 Å². The molecule has 13 heteroatoms. The number of pyridine rings is 3. The fraction of sp³-hybridized carbons (Fsp3) is 0.343. The number of halogens is 2. The Bertz CT molecular complexity index is 1690. The Hall–Kier alpha value is -4.29. The van der Waals surface area contributed by atoms with Crippen molar-refractivity contribution in [2.75, 3.05) is 27.3 Å². The molecule has 5 heterocycles. The van der Waals surface area contributed by atoms with Crippen LogP contribution >= 0.6 is 23.2 Å². The van der Waals surface area contributed by atoms with Crippen molar-refractivity contribution in [1.29, 1.82) is 0 Å². The zero-order chi connectivity index (χ0) is 33.6. The molecule has 2 aliphatic rings. The number of ether oxygens (including phenoxy) is 2. The summed E-state index contributed by atoms with van der Waals surface area (Å²) in [7, 11) is 3.17. The summed E-state index contributed by atoms with van der Waals surface area (Å²) in [5, 5.41) is 13.5. The molecule has 4 N–H and O–H groups in total. The molecule has 2 atom stereocenters. The highest BCUT2D eigenvalue weighted by Crippen LogP contribution is 2.41. The molecule has 0 aliphatic carbocycles. The molecule has 250 valence electrons. The summed E-state index contributed by atoms with van der Waals surface area (Å²) >= 11 is 14.0. The van der Waals surface area contributed by atoms with E-state index in [1.54, 1.807) is 20.4 Å². The molecule has 11 nitrogen and oxygen atoms in total. The Balaban J connectivity index is 1.20. The predicted molar refractivity (Wildman–Crippen MR) is 185 cm³/mol. The predicted octanol–water partition coefficient (Wildman–Crippen LogP) is 4.93. The van der Waals surface area contributed by atoms with E-state index in [0.717, 1.165) is 24.0 Å². The molecule has 2 aliphatic heterocycles. The lowest BCUT2D eigenvalue weighted by Gasteiger charge is -2.16. The summed E-state index contributed by atoms with van der Waals surface area (Å²) in [6, 6.07) is 15.5. The van der Waals surface area contributed by atoms with Gasteiger partial charge in [-0.3, -0.25) is 14.6 Å². The number of carbonyl (C=O) groups excluding carboxylic acids is 2. The van der Waals surface area contributed by atoms with Crippen LogP contribution in [0.1, 0.15) is 36.8 Å². The number of nitrogens with one attached hydrogen (secondary N) is 4. The van der Waals surface area contributed by atoms with Gasteiger partial charge in [-0.25, -0.2) is 9.97 Å². The van der Waals surface area contributed by atoms with E-state index in [1.807, 2.05) is 48.5 Å². The van der Waals surface area contributed by atoms with E-state index in [-0.39, 0.29) is 23.9 Å². The molecule has 2 fully saturated rings. The molecule has 0 spiro atoms. The van der Waals surface area contributed by atoms with E-state index < -0.39 is 0 Å². The van der Waals surface area contributed by atoms with Gasteiger partial charge in [0.25, 0.3) is 0 Å². The lowest BCUT2D eigenvalue weighted by atomic mass is 10.0. The minimum atomic E-state index is 0.0932. The summed E-state index contributed by atoms with van der Waals surface area (Å²) in [5.74, 6) is 1.15. The molecule has 2 amide bonds. The van der Waals surface area contributed by atoms with E-state index in [0.29, 0.717) is 94.6 Å². The van der Waals surface area contributed by atoms with E-state index in [9.17, 15) is 9.59 Å². The third-order valence-electron chi connectivity index (χ3n) is 8.54. The van der Waals surface area contributed by atoms with E-state index in [4.69, 9.17) is 42.6 Å². The van der Waals surface area contributed by atoms with Crippen molar-refractivity contribution < 1.29 is 19.1 Å². The number of hydrogen-bond acceptors (Lipinski definition) is 9. The first-order valence-corrected chi connectivity index (χ1v) is 16.6. The minimum Gasteiger partial charge on any atom is -0.481 e. The fourth-order valence-electron chi connectivity index (χ4n) is 6.03. The summed E-state index contributed by atoms with van der Waals surface area (Å²) in [5.41, 5.74) is 5.60. The number of rotatable bonds is 13. The molecule has 0 bridgehead atoms. The van der Waals surface area contributed by atoms with Crippen LogP contribution in [0.2, 0.25) is 10.0 Å². The summed E-state index contributed by atoms with van der Waals surface area (Å²) in [4.78, 5) is 37.1. The third kappa shape index (κ3) is 7.55. The first-order valence-electron chi connectivity index (χ1n) is 15.9. The van der Waals surface area contributed by atoms with Gasteiger partial charge in [0.15, 0.2) is 0 Å². The van der Waals surface area contributed by atoms with Gasteiger partial charge in [0.05, 0.1) is 41.3 Å². The minimum absolute atomic E-state index is 0.0932. The second-order valence-corrected chi connectivity index (χ2v) is 12.5. The maximum atomic E-state index is 11.5. The number of methoxy groups -OCH3 is 2. The first-order chi connectivity index (χ1) is 23.3. The lowest BCUT2D eigenvalue weighted by Crippen LogP contribution is -2.35. The van der Waals surface area contributed by atoms with Crippen LogP contribution in [0.4, 0.5) is 0 Å². The van der Waals surface area contributed by atoms with Crippen LogP contribution in [0.15, 0.2) is 54.7 Å². The van der Waals surface area contributed by atoms with E-state index in [1.165, 1.54) is 0 Å². The van der Waals surface area contributed by atoms with Crippen molar-refractivity contribution in [1.82, 2.24) is 36.2 Å². The van der Waals surface area contributed by atoms with Crippen LogP contribution in [0.3, 0.4) is 0 Å². The van der Waals surface area contributed by atoms with Crippen LogP contribution in [-0.2, 0) is 22.7 Å². The molecule has 1 aromatic carbocycles. The van der Waals surface area contributed by atoms with Crippen molar-refractivity contribution in [3.8, 4) is 45.5 Å². The number of aromatic nitrogens is 3. The summed E-state index contributed by atoms with van der Waals surface area (Å²) in [6.07, 6.45) is 4.47. The molecule has 0 saturated carbocycles. The Morgan fingerprint density at radius 1 is 0.729 bits per heavy atom. The normalized spacial score (nSPS) is 17.3. The van der Waals surface area contributed by atoms with Gasteiger partial charge in [0.2, 0.25) is 23.6 Å². The number of nitrogens with zero attached hydrogens (tertiary/aromatic N) is 3. The molecule has 3 aromatic heterocycles. The Labute approximate surface area is 289 Å². The highest BCUT2D eigenvalue weighted by Gasteiger charge is 2.22. The van der Waals surface area contributed by atoms with Crippen LogP contribution < -0.4 is 30.7 Å². The van der Waals surface area contributed by atoms with Gasteiger partial charge in [0, 0.05) is 85.1 Å². The number of carbonyl (C=O) groups is 2. The van der Waals surface area contributed by atoms with Crippen molar-refractivity contribution in [2.45, 2.75) is 50.9 Å². The molecular formula is C35H37Cl2N7O4. The Morgan fingerprint density at radius 3 is 1.75 bits per heavy atom. The molecule has 0 unspecified atom stereocenters. The van der Waals surface area contributed by atoms with E-state index in [2.05, 4.69) is 26.3 Å². The molecule has 2 saturated heterocycles. The quantitative estimate of drug-likeness (QED) is 0.154. The lowest BCUT2D eigenvalue weighted by molar-refractivity contribution is -0.120. The average molecular weight is 691 g/mol. The van der Waals surface area contributed by atoms with Gasteiger partial charge in [-0.2, -0.15) is 0 Å². The van der Waals surface area contributed by atoms with Crippen molar-refractivity contribution in [3.05, 3.63) is 75.9 Å². The summed E-state index contributed by atoms with van der Waals surface area (Å²) in [6.45, 7) is 2.42. The third-order valence-corrected chi connectivity index (χ3v) is 9.33. The number of amides is 2. The standard InChI is InChI=1S/C35H37Cl2N7O4/c1-47-34-20(16-38-18-22-8-12-29(45)41-22)6-10-27(43-34)24-4-3-5-26(31(24)36)33-32(37)25(14-15-40-33)28-11-7-21(35(44-28)48-2)17-39-19-23-9-13-30(46)42-23/h3-7,10-11,14-15,22-23,38-39H,8-9,12-13,16-19H2,1-2H3,(H,41,45)(H,42,46)/t22-,23+/m1/s1. The zero-order valence-electron chi connectivity index (χ0n) is 26.7. The molecule has 4 aromatic rings. The number of hydrogen-bond donors (Lipinski definition) is 4. The van der Waals surface area contributed by atoms with Gasteiger partial charge in [-0.15, -0.1) is 0 Å². The summed E-state index contributed by atoms with van der Waals surface area (Å²) < 4.78 is 11.3. The SMILES string of the molecule is COc1nc(-c2cccc(-c3nccc(-c4ccc(CNC[C@@H]5CCC(=O)N5)c(OC)n4)c3Cl)c2Cl)ccc1CNC[C@H]1CCC(=O)N1. The number of benzene rings is 1. The van der Waals surface area contributed by atoms with Gasteiger partial charge < -0.3 is 30.7 Å². The highest BCUT2D eigenvalue weighted by molar-refractivity contribution is 6.39. The smallest absolute Gasteiger partial charge is 0.220 e. The van der Waals surface area contributed by atoms with Gasteiger partial charge in [-0.05, 0) is 31.0 Å². The molecule has 6 rings (SSSR count). The Kier molecular flexibility index (Phi) is 10.7.